The normalized spacial score (nSPS) is 11.7. The molecule has 0 bridgehead atoms. The van der Waals surface area contributed by atoms with Gasteiger partial charge in [-0.05, 0) is 107 Å². The summed E-state index contributed by atoms with van der Waals surface area (Å²) < 4.78 is 69.9. The maximum Gasteiger partial charge on any atom is 0.295 e. The summed E-state index contributed by atoms with van der Waals surface area (Å²) in [4.78, 5) is 23.4. The number of rotatable bonds is 12. The summed E-state index contributed by atoms with van der Waals surface area (Å²) in [6, 6.07) is 21.1. The van der Waals surface area contributed by atoms with Crippen LogP contribution < -0.4 is 21.3 Å². The monoisotopic (exact) mass is 846 g/mol. The fourth-order valence-electron chi connectivity index (χ4n) is 4.63. The van der Waals surface area contributed by atoms with Gasteiger partial charge in [0.15, 0.2) is 0 Å². The van der Waals surface area contributed by atoms with E-state index in [0.29, 0.717) is 21.4 Å². The van der Waals surface area contributed by atoms with Crippen molar-refractivity contribution in [3.8, 4) is 0 Å². The third-order valence-corrected chi connectivity index (χ3v) is 9.62. The highest BCUT2D eigenvalue weighted by Crippen LogP contribution is 2.29. The van der Waals surface area contributed by atoms with Gasteiger partial charge in [-0.1, -0.05) is 47.5 Å². The largest absolute Gasteiger partial charge is 0.324 e. The van der Waals surface area contributed by atoms with Crippen molar-refractivity contribution < 1.29 is 25.9 Å². The third-order valence-electron chi connectivity index (χ3n) is 6.95. The van der Waals surface area contributed by atoms with Crippen LogP contribution in [0, 0.1) is 0 Å². The second kappa shape index (κ2) is 16.0. The summed E-state index contributed by atoms with van der Waals surface area (Å²) in [7, 11) is -9.67. The van der Waals surface area contributed by atoms with E-state index in [1.54, 1.807) is 48.5 Å². The molecule has 22 heteroatoms. The summed E-state index contributed by atoms with van der Waals surface area (Å²) in [5, 5.41) is 12.2. The standard InChI is InChI=1S/C32H22Cl4N10O6S2/c33-19-5-11-21(12-6-19)37-29-41-27(35)43-31(45-29)39-23-9-3-17(25(15-23)53(47,48)49)1-2-18-4-10-24(16-26(18)54(50,51)52)40-32-44-28(36)42-30(46-32)38-22-13-7-20(34)8-14-22/h1-16H,(H,47,48,49)(H,50,51,52)(H2,37,39,41,43,45)(H2,38,40,42,44,46)/b2-1+. The molecule has 6 aromatic rings. The van der Waals surface area contributed by atoms with Crippen molar-refractivity contribution in [1.29, 1.82) is 0 Å². The van der Waals surface area contributed by atoms with Crippen LogP contribution in [0.25, 0.3) is 12.2 Å². The molecule has 6 N–H and O–H groups in total. The highest BCUT2D eigenvalue weighted by molar-refractivity contribution is 7.86. The molecule has 0 aliphatic heterocycles. The predicted molar refractivity (Wildman–Crippen MR) is 207 cm³/mol. The highest BCUT2D eigenvalue weighted by Gasteiger charge is 2.19. The zero-order valence-electron chi connectivity index (χ0n) is 26.8. The first kappa shape index (κ1) is 38.5. The first-order chi connectivity index (χ1) is 25.6. The van der Waals surface area contributed by atoms with Crippen molar-refractivity contribution >= 4 is 125 Å². The first-order valence-corrected chi connectivity index (χ1v) is 19.3. The Bertz CT molecular complexity index is 2440. The number of nitrogens with zero attached hydrogens (tertiary/aromatic N) is 6. The van der Waals surface area contributed by atoms with Crippen molar-refractivity contribution in [3.05, 3.63) is 117 Å². The second-order valence-corrected chi connectivity index (χ2v) is 15.1. The molecule has 54 heavy (non-hydrogen) atoms. The van der Waals surface area contributed by atoms with E-state index >= 15 is 0 Å². The number of benzene rings is 4. The SMILES string of the molecule is O=S(=O)(O)c1cc(Nc2nc(Cl)nc(Nc3ccc(Cl)cc3)n2)ccc1/C=C/c1ccc(Nc2nc(Cl)nc(Nc3ccc(Cl)cc3)n2)cc1S(=O)(=O)O. The quantitative estimate of drug-likeness (QED) is 0.0502. The lowest BCUT2D eigenvalue weighted by Crippen LogP contribution is -2.06. The zero-order chi connectivity index (χ0) is 38.6. The summed E-state index contributed by atoms with van der Waals surface area (Å²) in [6.07, 6.45) is 2.47. The summed E-state index contributed by atoms with van der Waals surface area (Å²) in [5.41, 5.74) is 1.41. The van der Waals surface area contributed by atoms with Crippen molar-refractivity contribution in [2.45, 2.75) is 9.79 Å². The molecule has 6 rings (SSSR count). The lowest BCUT2D eigenvalue weighted by Gasteiger charge is -2.11. The van der Waals surface area contributed by atoms with Gasteiger partial charge in [-0.2, -0.15) is 46.7 Å². The van der Waals surface area contributed by atoms with Crippen LogP contribution in [0.15, 0.2) is 94.7 Å². The smallest absolute Gasteiger partial charge is 0.295 e. The van der Waals surface area contributed by atoms with Crippen LogP contribution in [0.5, 0.6) is 0 Å². The molecule has 276 valence electrons. The van der Waals surface area contributed by atoms with Gasteiger partial charge in [0, 0.05) is 32.8 Å². The van der Waals surface area contributed by atoms with E-state index in [1.165, 1.54) is 36.4 Å². The van der Waals surface area contributed by atoms with Crippen LogP contribution in [0.3, 0.4) is 0 Å². The molecule has 0 saturated heterocycles. The molecule has 0 radical (unpaired) electrons. The maximum absolute atomic E-state index is 12.4. The van der Waals surface area contributed by atoms with Gasteiger partial charge >= 0.3 is 0 Å². The van der Waals surface area contributed by atoms with Crippen LogP contribution in [-0.2, 0) is 20.2 Å². The Balaban J connectivity index is 1.24. The molecule has 0 atom stereocenters. The maximum atomic E-state index is 12.4. The Hall–Kier alpha value is -5.18. The number of hydrogen-bond acceptors (Lipinski definition) is 14. The topological polar surface area (TPSA) is 234 Å². The first-order valence-electron chi connectivity index (χ1n) is 14.9. The van der Waals surface area contributed by atoms with Gasteiger partial charge in [0.1, 0.15) is 9.79 Å². The molecule has 4 aromatic carbocycles. The minimum absolute atomic E-state index is 0.0362. The van der Waals surface area contributed by atoms with E-state index in [1.807, 2.05) is 0 Å². The number of aromatic nitrogens is 6. The van der Waals surface area contributed by atoms with Crippen LogP contribution in [0.4, 0.5) is 46.5 Å². The molecule has 0 aliphatic carbocycles. The minimum atomic E-state index is -4.83. The molecule has 2 aromatic heterocycles. The predicted octanol–water partition coefficient (Wildman–Crippen LogP) is 8.31. The molecule has 0 spiro atoms. The highest BCUT2D eigenvalue weighted by atomic mass is 35.5. The Labute approximate surface area is 327 Å². The van der Waals surface area contributed by atoms with Crippen molar-refractivity contribution in [2.75, 3.05) is 21.3 Å². The molecular weight excluding hydrogens is 826 g/mol. The van der Waals surface area contributed by atoms with Gasteiger partial charge in [0.2, 0.25) is 34.4 Å². The van der Waals surface area contributed by atoms with E-state index in [0.717, 1.165) is 12.1 Å². The molecule has 2 heterocycles. The molecule has 16 nitrogen and oxygen atoms in total. The fourth-order valence-corrected chi connectivity index (χ4v) is 6.62. The average Bonchev–Trinajstić information content (AvgIpc) is 3.09. The number of nitrogens with one attached hydrogen (secondary N) is 4. The molecular formula is C32H22Cl4N10O6S2. The summed E-state index contributed by atoms with van der Waals surface area (Å²) >= 11 is 24.0. The summed E-state index contributed by atoms with van der Waals surface area (Å²) in [5.74, 6) is 0.0172. The lowest BCUT2D eigenvalue weighted by molar-refractivity contribution is 0.480. The Kier molecular flexibility index (Phi) is 11.5. The van der Waals surface area contributed by atoms with Gasteiger partial charge in [-0.15, -0.1) is 0 Å². The molecule has 0 fully saturated rings. The van der Waals surface area contributed by atoms with Gasteiger partial charge < -0.3 is 21.3 Å². The van der Waals surface area contributed by atoms with Crippen LogP contribution in [0.1, 0.15) is 11.1 Å². The fraction of sp³-hybridized carbons (Fsp3) is 0. The molecule has 0 saturated carbocycles. The summed E-state index contributed by atoms with van der Waals surface area (Å²) in [6.45, 7) is 0. The van der Waals surface area contributed by atoms with E-state index < -0.39 is 30.0 Å². The average molecular weight is 849 g/mol. The third kappa shape index (κ3) is 10.3. The number of anilines is 8. The second-order valence-electron chi connectivity index (χ2n) is 10.8. The van der Waals surface area contributed by atoms with Gasteiger partial charge in [0.25, 0.3) is 20.2 Å². The Morgan fingerprint density at radius 2 is 0.741 bits per heavy atom. The van der Waals surface area contributed by atoms with Gasteiger partial charge in [-0.3, -0.25) is 9.11 Å². The van der Waals surface area contributed by atoms with Gasteiger partial charge in [0.05, 0.1) is 0 Å². The minimum Gasteiger partial charge on any atom is -0.324 e. The van der Waals surface area contributed by atoms with Crippen LogP contribution in [-0.4, -0.2) is 55.8 Å². The van der Waals surface area contributed by atoms with Crippen molar-refractivity contribution in [3.63, 3.8) is 0 Å². The number of halogens is 4. The van der Waals surface area contributed by atoms with E-state index in [2.05, 4.69) is 51.2 Å². The van der Waals surface area contributed by atoms with E-state index in [9.17, 15) is 25.9 Å². The zero-order valence-corrected chi connectivity index (χ0v) is 31.4. The molecule has 0 amide bonds. The van der Waals surface area contributed by atoms with Crippen LogP contribution >= 0.6 is 46.4 Å². The van der Waals surface area contributed by atoms with Crippen LogP contribution in [0.2, 0.25) is 20.6 Å². The van der Waals surface area contributed by atoms with Gasteiger partial charge in [-0.25, -0.2) is 0 Å². The molecule has 0 unspecified atom stereocenters. The van der Waals surface area contributed by atoms with Crippen molar-refractivity contribution in [1.82, 2.24) is 29.9 Å². The van der Waals surface area contributed by atoms with E-state index in [-0.39, 0.29) is 56.9 Å². The Morgan fingerprint density at radius 1 is 0.444 bits per heavy atom. The Morgan fingerprint density at radius 3 is 1.06 bits per heavy atom. The van der Waals surface area contributed by atoms with Crippen molar-refractivity contribution in [2.24, 2.45) is 0 Å². The number of hydrogen-bond donors (Lipinski definition) is 6. The van der Waals surface area contributed by atoms with E-state index in [4.69, 9.17) is 46.4 Å². The molecule has 0 aliphatic rings. The lowest BCUT2D eigenvalue weighted by atomic mass is 10.1.